The smallest absolute Gasteiger partial charge is 0.160 e. The first-order valence-corrected chi connectivity index (χ1v) is 5.68. The number of hydrogen-bond donors (Lipinski definition) is 1. The monoisotopic (exact) mass is 281 g/mol. The highest BCUT2D eigenvalue weighted by atomic mass is 79.9. The van der Waals surface area contributed by atoms with Crippen molar-refractivity contribution < 1.29 is 4.74 Å². The highest BCUT2D eigenvalue weighted by Crippen LogP contribution is 2.21. The summed E-state index contributed by atoms with van der Waals surface area (Å²) < 4.78 is 8.05. The number of benzene rings is 1. The van der Waals surface area contributed by atoms with Crippen molar-refractivity contribution in [3.63, 3.8) is 0 Å². The zero-order valence-corrected chi connectivity index (χ0v) is 10.4. The molecular weight excluding hydrogens is 270 g/mol. The molecule has 5 heteroatoms. The van der Waals surface area contributed by atoms with Crippen molar-refractivity contribution >= 4 is 15.9 Å². The minimum absolute atomic E-state index is 0.336. The van der Waals surface area contributed by atoms with E-state index in [9.17, 15) is 0 Å². The van der Waals surface area contributed by atoms with Crippen LogP contribution in [0.1, 0.15) is 6.92 Å². The zero-order chi connectivity index (χ0) is 11.5. The third kappa shape index (κ3) is 2.43. The molecule has 0 bridgehead atoms. The predicted molar refractivity (Wildman–Crippen MR) is 65.5 cm³/mol. The fourth-order valence-electron chi connectivity index (χ4n) is 1.35. The Kier molecular flexibility index (Phi) is 3.26. The van der Waals surface area contributed by atoms with E-state index in [1.165, 1.54) is 0 Å². The maximum atomic E-state index is 5.53. The van der Waals surface area contributed by atoms with Crippen LogP contribution < -0.4 is 10.5 Å². The van der Waals surface area contributed by atoms with Gasteiger partial charge >= 0.3 is 0 Å². The molecule has 0 aliphatic heterocycles. The van der Waals surface area contributed by atoms with E-state index in [-0.39, 0.29) is 6.23 Å². The van der Waals surface area contributed by atoms with Crippen LogP contribution >= 0.6 is 15.9 Å². The van der Waals surface area contributed by atoms with E-state index >= 15 is 0 Å². The van der Waals surface area contributed by atoms with Gasteiger partial charge in [-0.2, -0.15) is 5.10 Å². The van der Waals surface area contributed by atoms with Gasteiger partial charge in [0.05, 0.1) is 18.1 Å². The molecule has 4 nitrogen and oxygen atoms in total. The Morgan fingerprint density at radius 3 is 2.88 bits per heavy atom. The number of rotatable bonds is 3. The zero-order valence-electron chi connectivity index (χ0n) is 8.80. The van der Waals surface area contributed by atoms with Gasteiger partial charge in [-0.1, -0.05) is 12.1 Å². The maximum Gasteiger partial charge on any atom is 0.160 e. The Bertz CT molecular complexity index is 482. The Morgan fingerprint density at radius 1 is 1.44 bits per heavy atom. The Hall–Kier alpha value is -1.33. The molecule has 0 aliphatic rings. The number of ether oxygens (including phenoxy) is 1. The largest absolute Gasteiger partial charge is 0.473 e. The summed E-state index contributed by atoms with van der Waals surface area (Å²) in [4.78, 5) is 0. The molecule has 1 aromatic heterocycles. The number of aromatic nitrogens is 2. The molecule has 2 aromatic rings. The molecule has 0 fully saturated rings. The van der Waals surface area contributed by atoms with Crippen molar-refractivity contribution in [2.45, 2.75) is 13.2 Å². The van der Waals surface area contributed by atoms with E-state index in [4.69, 9.17) is 10.5 Å². The number of hydrogen-bond acceptors (Lipinski definition) is 3. The van der Waals surface area contributed by atoms with Crippen LogP contribution in [0, 0.1) is 0 Å². The van der Waals surface area contributed by atoms with Gasteiger partial charge in [-0.25, -0.2) is 4.68 Å². The highest BCUT2D eigenvalue weighted by molar-refractivity contribution is 9.10. The van der Waals surface area contributed by atoms with E-state index in [1.807, 2.05) is 24.3 Å². The lowest BCUT2D eigenvalue weighted by Gasteiger charge is -2.06. The molecule has 1 aromatic carbocycles. The van der Waals surface area contributed by atoms with Gasteiger partial charge in [-0.3, -0.25) is 5.73 Å². The third-order valence-corrected chi connectivity index (χ3v) is 2.65. The van der Waals surface area contributed by atoms with Gasteiger partial charge in [0, 0.05) is 4.47 Å². The summed E-state index contributed by atoms with van der Waals surface area (Å²) in [6.07, 6.45) is 3.10. The first kappa shape index (κ1) is 11.2. The fourth-order valence-corrected chi connectivity index (χ4v) is 1.82. The Balaban J connectivity index is 2.28. The molecule has 2 rings (SSSR count). The number of nitrogens with zero attached hydrogens (tertiary/aromatic N) is 2. The van der Waals surface area contributed by atoms with Crippen molar-refractivity contribution in [2.75, 3.05) is 0 Å². The molecule has 1 heterocycles. The number of para-hydroxylation sites is 1. The predicted octanol–water partition coefficient (Wildman–Crippen LogP) is 2.32. The van der Waals surface area contributed by atoms with E-state index < -0.39 is 0 Å². The van der Waals surface area contributed by atoms with Gasteiger partial charge in [0.1, 0.15) is 6.23 Å². The lowest BCUT2D eigenvalue weighted by molar-refractivity contribution is 0.230. The summed E-state index contributed by atoms with van der Waals surface area (Å²) in [6.45, 7) is 1.77. The average molecular weight is 282 g/mol. The second-order valence-corrected chi connectivity index (χ2v) is 4.25. The minimum atomic E-state index is -0.336. The van der Waals surface area contributed by atoms with E-state index in [1.54, 1.807) is 24.0 Å². The van der Waals surface area contributed by atoms with Gasteiger partial charge in [-0.15, -0.1) is 0 Å². The second kappa shape index (κ2) is 4.67. The molecule has 84 valence electrons. The van der Waals surface area contributed by atoms with Crippen molar-refractivity contribution in [1.82, 2.24) is 9.78 Å². The molecule has 0 radical (unpaired) electrons. The molecule has 0 spiro atoms. The summed E-state index contributed by atoms with van der Waals surface area (Å²) in [5.41, 5.74) is 6.49. The summed E-state index contributed by atoms with van der Waals surface area (Å²) in [7, 11) is 0. The van der Waals surface area contributed by atoms with Crippen LogP contribution in [0.25, 0.3) is 5.69 Å². The molecule has 0 aliphatic carbocycles. The van der Waals surface area contributed by atoms with E-state index in [0.717, 1.165) is 10.2 Å². The molecule has 1 atom stereocenters. The van der Waals surface area contributed by atoms with Crippen molar-refractivity contribution in [3.05, 3.63) is 41.1 Å². The molecule has 0 saturated heterocycles. The van der Waals surface area contributed by atoms with E-state index in [0.29, 0.717) is 5.75 Å². The molecule has 1 unspecified atom stereocenters. The summed E-state index contributed by atoms with van der Waals surface area (Å²) in [5.74, 6) is 0.658. The normalized spacial score (nSPS) is 12.4. The third-order valence-electron chi connectivity index (χ3n) is 1.98. The van der Waals surface area contributed by atoms with Crippen LogP contribution in [-0.2, 0) is 0 Å². The molecule has 0 amide bonds. The van der Waals surface area contributed by atoms with Gasteiger partial charge in [0.15, 0.2) is 5.75 Å². The van der Waals surface area contributed by atoms with Crippen molar-refractivity contribution in [1.29, 1.82) is 0 Å². The van der Waals surface area contributed by atoms with Gasteiger partial charge < -0.3 is 4.74 Å². The van der Waals surface area contributed by atoms with Crippen LogP contribution in [0.4, 0.5) is 0 Å². The fraction of sp³-hybridized carbons (Fsp3) is 0.182. The molecule has 16 heavy (non-hydrogen) atoms. The van der Waals surface area contributed by atoms with Crippen molar-refractivity contribution in [3.8, 4) is 11.4 Å². The van der Waals surface area contributed by atoms with Crippen LogP contribution in [0.15, 0.2) is 41.1 Å². The standard InChI is InChI=1S/C11H12BrN3O/c1-8(13)16-9-6-14-15(7-9)11-5-3-2-4-10(11)12/h2-8H,13H2,1H3. The van der Waals surface area contributed by atoms with Crippen LogP contribution in [-0.4, -0.2) is 16.0 Å². The Morgan fingerprint density at radius 2 is 2.19 bits per heavy atom. The van der Waals surface area contributed by atoms with Gasteiger partial charge in [-0.05, 0) is 35.0 Å². The van der Waals surface area contributed by atoms with Gasteiger partial charge in [0.2, 0.25) is 0 Å². The number of nitrogens with two attached hydrogens (primary N) is 1. The topological polar surface area (TPSA) is 53.1 Å². The van der Waals surface area contributed by atoms with Crippen LogP contribution in [0.3, 0.4) is 0 Å². The first-order chi connectivity index (χ1) is 7.66. The molecular formula is C11H12BrN3O. The summed E-state index contributed by atoms with van der Waals surface area (Å²) in [5, 5.41) is 4.21. The quantitative estimate of drug-likeness (QED) is 0.879. The maximum absolute atomic E-state index is 5.53. The highest BCUT2D eigenvalue weighted by Gasteiger charge is 2.05. The SMILES string of the molecule is CC(N)Oc1cnn(-c2ccccc2Br)c1. The Labute approximate surface area is 102 Å². The number of halogens is 1. The second-order valence-electron chi connectivity index (χ2n) is 3.39. The van der Waals surface area contributed by atoms with E-state index in [2.05, 4.69) is 21.0 Å². The first-order valence-electron chi connectivity index (χ1n) is 4.88. The minimum Gasteiger partial charge on any atom is -0.473 e. The summed E-state index contributed by atoms with van der Waals surface area (Å²) in [6, 6.07) is 7.83. The molecule has 2 N–H and O–H groups in total. The van der Waals surface area contributed by atoms with Crippen LogP contribution in [0.5, 0.6) is 5.75 Å². The van der Waals surface area contributed by atoms with Crippen LogP contribution in [0.2, 0.25) is 0 Å². The summed E-state index contributed by atoms with van der Waals surface area (Å²) >= 11 is 3.47. The van der Waals surface area contributed by atoms with Crippen molar-refractivity contribution in [2.24, 2.45) is 5.73 Å². The lowest BCUT2D eigenvalue weighted by atomic mass is 10.3. The lowest BCUT2D eigenvalue weighted by Crippen LogP contribution is -2.22. The van der Waals surface area contributed by atoms with Gasteiger partial charge in [0.25, 0.3) is 0 Å². The average Bonchev–Trinajstić information content (AvgIpc) is 2.66. The molecule has 0 saturated carbocycles.